The number of carbonyl (C=O) groups is 2. The maximum Gasteiger partial charge on any atom is 0.416 e. The third kappa shape index (κ3) is 5.17. The van der Waals surface area contributed by atoms with E-state index in [1.165, 1.54) is 13.0 Å². The van der Waals surface area contributed by atoms with E-state index in [2.05, 4.69) is 5.32 Å². The fraction of sp³-hybridized carbons (Fsp3) is 0.500. The highest BCUT2D eigenvalue weighted by atomic mass is 19.4. The molecule has 2 atom stereocenters. The van der Waals surface area contributed by atoms with E-state index in [-0.39, 0.29) is 12.2 Å². The second-order valence-electron chi connectivity index (χ2n) is 5.71. The van der Waals surface area contributed by atoms with Crippen LogP contribution < -0.4 is 5.32 Å². The summed E-state index contributed by atoms with van der Waals surface area (Å²) in [6.07, 6.45) is -4.86. The van der Waals surface area contributed by atoms with Crippen molar-refractivity contribution in [2.24, 2.45) is 0 Å². The molecular weight excluding hydrogens is 343 g/mol. The number of carbonyl (C=O) groups excluding carboxylic acids is 1. The van der Waals surface area contributed by atoms with E-state index < -0.39 is 42.4 Å². The lowest BCUT2D eigenvalue weighted by Gasteiger charge is -2.31. The van der Waals surface area contributed by atoms with Gasteiger partial charge in [0.25, 0.3) is 5.91 Å². The van der Waals surface area contributed by atoms with Crippen molar-refractivity contribution in [2.45, 2.75) is 31.7 Å². The lowest BCUT2D eigenvalue weighted by Crippen LogP contribution is -2.50. The van der Waals surface area contributed by atoms with Crippen molar-refractivity contribution in [3.63, 3.8) is 0 Å². The lowest BCUT2D eigenvalue weighted by molar-refractivity contribution is -0.148. The normalized spacial score (nSPS) is 21.0. The predicted octanol–water partition coefficient (Wildman–Crippen LogP) is 2.00. The third-order valence-electron chi connectivity index (χ3n) is 3.85. The molecule has 1 amide bonds. The zero-order valence-electron chi connectivity index (χ0n) is 13.4. The molecule has 1 aliphatic rings. The van der Waals surface area contributed by atoms with Gasteiger partial charge in [0.1, 0.15) is 12.7 Å². The molecule has 0 bridgehead atoms. The predicted molar refractivity (Wildman–Crippen MR) is 80.2 cm³/mol. The van der Waals surface area contributed by atoms with Gasteiger partial charge in [0, 0.05) is 12.2 Å². The van der Waals surface area contributed by atoms with Gasteiger partial charge >= 0.3 is 12.1 Å². The van der Waals surface area contributed by atoms with Crippen molar-refractivity contribution in [1.29, 1.82) is 0 Å². The Bertz CT molecular complexity index is 647. The molecule has 0 unspecified atom stereocenters. The first-order valence-corrected chi connectivity index (χ1v) is 7.58. The van der Waals surface area contributed by atoms with Crippen LogP contribution in [0, 0.1) is 6.92 Å². The third-order valence-corrected chi connectivity index (χ3v) is 3.85. The Hall–Kier alpha value is -2.13. The number of hydrogen-bond donors (Lipinski definition) is 2. The molecule has 1 aromatic carbocycles. The largest absolute Gasteiger partial charge is 0.480 e. The number of carboxylic acids is 1. The number of nitrogens with one attached hydrogen (secondary N) is 1. The summed E-state index contributed by atoms with van der Waals surface area (Å²) in [6.45, 7) is 1.42. The molecule has 9 heteroatoms. The van der Waals surface area contributed by atoms with Gasteiger partial charge in [-0.05, 0) is 31.0 Å². The molecule has 6 nitrogen and oxygen atoms in total. The summed E-state index contributed by atoms with van der Waals surface area (Å²) in [6, 6.07) is 2.41. The number of halogens is 3. The molecule has 2 rings (SSSR count). The minimum Gasteiger partial charge on any atom is -0.480 e. The maximum atomic E-state index is 12.8. The molecule has 1 saturated heterocycles. The maximum absolute atomic E-state index is 12.8. The summed E-state index contributed by atoms with van der Waals surface area (Å²) in [5, 5.41) is 11.3. The van der Waals surface area contributed by atoms with Gasteiger partial charge in [0.05, 0.1) is 18.2 Å². The van der Waals surface area contributed by atoms with Gasteiger partial charge in [-0.3, -0.25) is 4.79 Å². The molecule has 1 fully saturated rings. The van der Waals surface area contributed by atoms with Gasteiger partial charge in [-0.1, -0.05) is 6.07 Å². The Morgan fingerprint density at radius 2 is 2.12 bits per heavy atom. The number of benzene rings is 1. The van der Waals surface area contributed by atoms with Crippen LogP contribution in [0.2, 0.25) is 0 Å². The van der Waals surface area contributed by atoms with Gasteiger partial charge in [0.15, 0.2) is 0 Å². The molecule has 25 heavy (non-hydrogen) atoms. The van der Waals surface area contributed by atoms with E-state index in [1.807, 2.05) is 0 Å². The van der Waals surface area contributed by atoms with Crippen LogP contribution in [0.3, 0.4) is 0 Å². The number of ether oxygens (including phenoxy) is 2. The van der Waals surface area contributed by atoms with Gasteiger partial charge < -0.3 is 19.9 Å². The number of carboxylic acid groups (broad SMARTS) is 1. The summed E-state index contributed by atoms with van der Waals surface area (Å²) in [5.74, 6) is -1.83. The number of rotatable bonds is 5. The van der Waals surface area contributed by atoms with Crippen LogP contribution in [0.4, 0.5) is 13.2 Å². The van der Waals surface area contributed by atoms with Crippen LogP contribution in [0.25, 0.3) is 0 Å². The lowest BCUT2D eigenvalue weighted by atomic mass is 10.0. The zero-order chi connectivity index (χ0) is 18.6. The van der Waals surface area contributed by atoms with Gasteiger partial charge in [0.2, 0.25) is 0 Å². The second kappa shape index (κ2) is 7.83. The fourth-order valence-corrected chi connectivity index (χ4v) is 2.51. The Labute approximate surface area is 141 Å². The Morgan fingerprint density at radius 3 is 2.76 bits per heavy atom. The van der Waals surface area contributed by atoms with Crippen molar-refractivity contribution in [2.75, 3.05) is 19.8 Å². The van der Waals surface area contributed by atoms with E-state index in [0.717, 1.165) is 12.1 Å². The van der Waals surface area contributed by atoms with Crippen LogP contribution in [-0.2, 0) is 20.4 Å². The molecule has 1 heterocycles. The highest BCUT2D eigenvalue weighted by Gasteiger charge is 2.33. The van der Waals surface area contributed by atoms with E-state index in [0.29, 0.717) is 18.6 Å². The molecular formula is C16H18F3NO5. The molecule has 0 aromatic heterocycles. The van der Waals surface area contributed by atoms with Gasteiger partial charge in [-0.25, -0.2) is 4.79 Å². The van der Waals surface area contributed by atoms with E-state index in [4.69, 9.17) is 14.6 Å². The molecule has 1 aliphatic heterocycles. The summed E-state index contributed by atoms with van der Waals surface area (Å²) in [4.78, 5) is 23.0. The molecule has 0 spiro atoms. The number of aryl methyl sites for hydroxylation is 1. The Morgan fingerprint density at radius 1 is 1.40 bits per heavy atom. The van der Waals surface area contributed by atoms with E-state index in [1.54, 1.807) is 0 Å². The van der Waals surface area contributed by atoms with Crippen molar-refractivity contribution < 1.29 is 37.3 Å². The number of hydrogen-bond acceptors (Lipinski definition) is 4. The number of alkyl halides is 3. The first-order valence-electron chi connectivity index (χ1n) is 7.58. The van der Waals surface area contributed by atoms with Crippen molar-refractivity contribution >= 4 is 11.9 Å². The highest BCUT2D eigenvalue weighted by molar-refractivity contribution is 5.96. The quantitative estimate of drug-likeness (QED) is 0.838. The SMILES string of the molecule is Cc1ccc(C(F)(F)F)cc1C(=O)N[C@@H]1CCOC[C@H]1OCC(=O)O. The monoisotopic (exact) mass is 361 g/mol. The molecule has 0 saturated carbocycles. The summed E-state index contributed by atoms with van der Waals surface area (Å²) in [5.41, 5.74) is -0.590. The van der Waals surface area contributed by atoms with Gasteiger partial charge in [-0.15, -0.1) is 0 Å². The highest BCUT2D eigenvalue weighted by Crippen LogP contribution is 2.30. The minimum absolute atomic E-state index is 0.0849. The average Bonchev–Trinajstić information content (AvgIpc) is 2.53. The van der Waals surface area contributed by atoms with Crippen LogP contribution in [0.15, 0.2) is 18.2 Å². The Kier molecular flexibility index (Phi) is 6.02. The first-order chi connectivity index (χ1) is 11.7. The molecule has 1 aromatic rings. The van der Waals surface area contributed by atoms with Crippen LogP contribution in [0.1, 0.15) is 27.9 Å². The van der Waals surface area contributed by atoms with Crippen LogP contribution in [0.5, 0.6) is 0 Å². The second-order valence-corrected chi connectivity index (χ2v) is 5.71. The molecule has 0 radical (unpaired) electrons. The fourth-order valence-electron chi connectivity index (χ4n) is 2.51. The van der Waals surface area contributed by atoms with Crippen molar-refractivity contribution in [1.82, 2.24) is 5.32 Å². The topological polar surface area (TPSA) is 84.9 Å². The average molecular weight is 361 g/mol. The molecule has 138 valence electrons. The Balaban J connectivity index is 2.13. The number of aliphatic carboxylic acids is 1. The van der Waals surface area contributed by atoms with E-state index in [9.17, 15) is 22.8 Å². The zero-order valence-corrected chi connectivity index (χ0v) is 13.4. The molecule has 2 N–H and O–H groups in total. The summed E-state index contributed by atoms with van der Waals surface area (Å²) >= 11 is 0. The summed E-state index contributed by atoms with van der Waals surface area (Å²) < 4.78 is 48.9. The smallest absolute Gasteiger partial charge is 0.416 e. The van der Waals surface area contributed by atoms with Crippen molar-refractivity contribution in [3.8, 4) is 0 Å². The molecule has 0 aliphatic carbocycles. The van der Waals surface area contributed by atoms with Gasteiger partial charge in [-0.2, -0.15) is 13.2 Å². The standard InChI is InChI=1S/C16H18F3NO5/c1-9-2-3-10(16(17,18)19)6-11(9)15(23)20-12-4-5-24-7-13(12)25-8-14(21)22/h2-3,6,12-13H,4-5,7-8H2,1H3,(H,20,23)(H,21,22)/t12-,13-/m1/s1. The minimum atomic E-state index is -4.55. The summed E-state index contributed by atoms with van der Waals surface area (Å²) in [7, 11) is 0. The van der Waals surface area contributed by atoms with Crippen LogP contribution >= 0.6 is 0 Å². The first kappa shape index (κ1) is 19.2. The van der Waals surface area contributed by atoms with E-state index >= 15 is 0 Å². The number of amides is 1. The van der Waals surface area contributed by atoms with Crippen molar-refractivity contribution in [3.05, 3.63) is 34.9 Å². The van der Waals surface area contributed by atoms with Crippen LogP contribution in [-0.4, -0.2) is 48.9 Å².